The van der Waals surface area contributed by atoms with E-state index in [2.05, 4.69) is 34.5 Å². The maximum atomic E-state index is 12.6. The van der Waals surface area contributed by atoms with Gasteiger partial charge in [-0.2, -0.15) is 5.26 Å². The van der Waals surface area contributed by atoms with Crippen molar-refractivity contribution in [3.05, 3.63) is 126 Å². The standard InChI is InChI=1S/C29H23N3O/c1-22-10-8-9-15-28(22)31-29(33)24(21-30)20-23-16-18-27(19-17-23)32(25-11-4-2-5-12-25)26-13-6-3-7-14-26/h2-20H,1H3,(H,31,33)/b24-20-. The van der Waals surface area contributed by atoms with Crippen LogP contribution in [-0.2, 0) is 4.79 Å². The molecule has 0 saturated heterocycles. The largest absolute Gasteiger partial charge is 0.321 e. The monoisotopic (exact) mass is 429 g/mol. The normalized spacial score (nSPS) is 10.8. The number of nitrogens with one attached hydrogen (secondary N) is 1. The van der Waals surface area contributed by atoms with Crippen molar-refractivity contribution in [1.29, 1.82) is 5.26 Å². The van der Waals surface area contributed by atoms with Crippen LogP contribution < -0.4 is 10.2 Å². The lowest BCUT2D eigenvalue weighted by Gasteiger charge is -2.25. The minimum Gasteiger partial charge on any atom is -0.321 e. The first kappa shape index (κ1) is 21.6. The van der Waals surface area contributed by atoms with Gasteiger partial charge < -0.3 is 10.2 Å². The van der Waals surface area contributed by atoms with E-state index in [9.17, 15) is 10.1 Å². The zero-order chi connectivity index (χ0) is 23.0. The topological polar surface area (TPSA) is 56.1 Å². The number of carbonyl (C=O) groups excluding carboxylic acids is 1. The highest BCUT2D eigenvalue weighted by atomic mass is 16.1. The van der Waals surface area contributed by atoms with Crippen LogP contribution in [-0.4, -0.2) is 5.91 Å². The average molecular weight is 430 g/mol. The van der Waals surface area contributed by atoms with Gasteiger partial charge in [0.15, 0.2) is 0 Å². The van der Waals surface area contributed by atoms with E-state index in [1.54, 1.807) is 6.08 Å². The second-order valence-corrected chi connectivity index (χ2v) is 7.54. The van der Waals surface area contributed by atoms with Crippen molar-refractivity contribution >= 4 is 34.7 Å². The zero-order valence-corrected chi connectivity index (χ0v) is 18.3. The van der Waals surface area contributed by atoms with Gasteiger partial charge in [-0.1, -0.05) is 66.7 Å². The highest BCUT2D eigenvalue weighted by molar-refractivity contribution is 6.10. The molecule has 4 rings (SSSR count). The van der Waals surface area contributed by atoms with Crippen LogP contribution in [0.4, 0.5) is 22.7 Å². The first-order valence-corrected chi connectivity index (χ1v) is 10.6. The number of rotatable bonds is 6. The number of anilines is 4. The second kappa shape index (κ2) is 10.1. The first-order chi connectivity index (χ1) is 16.2. The molecule has 1 amide bonds. The highest BCUT2D eigenvalue weighted by Gasteiger charge is 2.13. The number of carbonyl (C=O) groups is 1. The molecule has 0 radical (unpaired) electrons. The molecule has 0 bridgehead atoms. The molecule has 0 atom stereocenters. The van der Waals surface area contributed by atoms with Crippen LogP contribution in [0, 0.1) is 18.3 Å². The van der Waals surface area contributed by atoms with E-state index in [0.29, 0.717) is 5.69 Å². The predicted molar refractivity (Wildman–Crippen MR) is 135 cm³/mol. The molecule has 0 heterocycles. The number of hydrogen-bond acceptors (Lipinski definition) is 3. The minimum absolute atomic E-state index is 0.0500. The van der Waals surface area contributed by atoms with Gasteiger partial charge in [0.05, 0.1) is 0 Å². The lowest BCUT2D eigenvalue weighted by molar-refractivity contribution is -0.112. The molecule has 0 fully saturated rings. The lowest BCUT2D eigenvalue weighted by Crippen LogP contribution is -2.14. The molecule has 0 spiro atoms. The van der Waals surface area contributed by atoms with Crippen LogP contribution in [0.15, 0.2) is 115 Å². The van der Waals surface area contributed by atoms with E-state index >= 15 is 0 Å². The number of amides is 1. The fourth-order valence-electron chi connectivity index (χ4n) is 3.54. The SMILES string of the molecule is Cc1ccccc1NC(=O)/C(C#N)=C\c1ccc(N(c2ccccc2)c2ccccc2)cc1. The maximum Gasteiger partial charge on any atom is 0.266 e. The van der Waals surface area contributed by atoms with Gasteiger partial charge in [0.2, 0.25) is 0 Å². The maximum absolute atomic E-state index is 12.6. The van der Waals surface area contributed by atoms with Crippen molar-refractivity contribution in [2.45, 2.75) is 6.92 Å². The van der Waals surface area contributed by atoms with Crippen LogP contribution in [0.5, 0.6) is 0 Å². The zero-order valence-electron chi connectivity index (χ0n) is 18.3. The minimum atomic E-state index is -0.425. The molecule has 0 aliphatic carbocycles. The van der Waals surface area contributed by atoms with Crippen LogP contribution in [0.3, 0.4) is 0 Å². The molecule has 33 heavy (non-hydrogen) atoms. The van der Waals surface area contributed by atoms with E-state index in [1.165, 1.54) is 0 Å². The number of aryl methyl sites for hydroxylation is 1. The molecule has 0 aliphatic rings. The Labute approximate surface area is 194 Å². The summed E-state index contributed by atoms with van der Waals surface area (Å²) in [5.74, 6) is -0.425. The molecule has 0 aliphatic heterocycles. The van der Waals surface area contributed by atoms with E-state index in [1.807, 2.05) is 97.9 Å². The summed E-state index contributed by atoms with van der Waals surface area (Å²) in [5.41, 5.74) is 5.53. The molecule has 4 nitrogen and oxygen atoms in total. The summed E-state index contributed by atoms with van der Waals surface area (Å²) in [6.45, 7) is 1.91. The molecule has 1 N–H and O–H groups in total. The summed E-state index contributed by atoms with van der Waals surface area (Å²) in [6.07, 6.45) is 1.60. The molecule has 4 aromatic rings. The predicted octanol–water partition coefficient (Wildman–Crippen LogP) is 7.01. The van der Waals surface area contributed by atoms with Gasteiger partial charge in [0.25, 0.3) is 5.91 Å². The Morgan fingerprint density at radius 3 is 1.82 bits per heavy atom. The van der Waals surface area contributed by atoms with Crippen molar-refractivity contribution in [2.24, 2.45) is 0 Å². The smallest absolute Gasteiger partial charge is 0.266 e. The van der Waals surface area contributed by atoms with Crippen molar-refractivity contribution in [3.8, 4) is 6.07 Å². The Balaban J connectivity index is 1.61. The van der Waals surface area contributed by atoms with E-state index in [-0.39, 0.29) is 5.57 Å². The third-order valence-corrected chi connectivity index (χ3v) is 5.25. The molecular formula is C29H23N3O. The van der Waals surface area contributed by atoms with Gasteiger partial charge in [-0.25, -0.2) is 0 Å². The number of benzene rings is 4. The Bertz CT molecular complexity index is 1270. The number of nitrogens with zero attached hydrogens (tertiary/aromatic N) is 2. The summed E-state index contributed by atoms with van der Waals surface area (Å²) in [6, 6.07) is 37.6. The highest BCUT2D eigenvalue weighted by Crippen LogP contribution is 2.34. The molecule has 4 aromatic carbocycles. The average Bonchev–Trinajstić information content (AvgIpc) is 2.86. The Hall–Kier alpha value is -4.62. The van der Waals surface area contributed by atoms with Gasteiger partial charge in [0.1, 0.15) is 11.6 Å². The molecule has 0 aromatic heterocycles. The lowest BCUT2D eigenvalue weighted by atomic mass is 10.1. The van der Waals surface area contributed by atoms with Crippen molar-refractivity contribution in [2.75, 3.05) is 10.2 Å². The Kier molecular flexibility index (Phi) is 6.63. The van der Waals surface area contributed by atoms with Gasteiger partial charge in [-0.3, -0.25) is 4.79 Å². The van der Waals surface area contributed by atoms with Gasteiger partial charge >= 0.3 is 0 Å². The van der Waals surface area contributed by atoms with E-state index in [0.717, 1.165) is 28.2 Å². The molecular weight excluding hydrogens is 406 g/mol. The third kappa shape index (κ3) is 5.17. The molecule has 4 heteroatoms. The van der Waals surface area contributed by atoms with Crippen LogP contribution in [0.2, 0.25) is 0 Å². The number of hydrogen-bond donors (Lipinski definition) is 1. The second-order valence-electron chi connectivity index (χ2n) is 7.54. The Morgan fingerprint density at radius 1 is 0.758 bits per heavy atom. The van der Waals surface area contributed by atoms with Crippen molar-refractivity contribution in [1.82, 2.24) is 0 Å². The van der Waals surface area contributed by atoms with Crippen molar-refractivity contribution in [3.63, 3.8) is 0 Å². The van der Waals surface area contributed by atoms with Gasteiger partial charge in [-0.05, 0) is 66.6 Å². The number of nitriles is 1. The molecule has 160 valence electrons. The number of para-hydroxylation sites is 3. The van der Waals surface area contributed by atoms with Gasteiger partial charge in [-0.15, -0.1) is 0 Å². The first-order valence-electron chi connectivity index (χ1n) is 10.6. The van der Waals surface area contributed by atoms with Crippen LogP contribution >= 0.6 is 0 Å². The fourth-order valence-corrected chi connectivity index (χ4v) is 3.54. The third-order valence-electron chi connectivity index (χ3n) is 5.25. The van der Waals surface area contributed by atoms with Crippen LogP contribution in [0.1, 0.15) is 11.1 Å². The quantitative estimate of drug-likeness (QED) is 0.265. The molecule has 0 unspecified atom stereocenters. The fraction of sp³-hybridized carbons (Fsp3) is 0.0345. The summed E-state index contributed by atoms with van der Waals surface area (Å²) in [5, 5.41) is 12.4. The van der Waals surface area contributed by atoms with E-state index in [4.69, 9.17) is 0 Å². The molecule has 0 saturated carbocycles. The Morgan fingerprint density at radius 2 is 1.27 bits per heavy atom. The summed E-state index contributed by atoms with van der Waals surface area (Å²) in [4.78, 5) is 14.8. The van der Waals surface area contributed by atoms with Crippen LogP contribution in [0.25, 0.3) is 6.08 Å². The van der Waals surface area contributed by atoms with E-state index < -0.39 is 5.91 Å². The summed E-state index contributed by atoms with van der Waals surface area (Å²) >= 11 is 0. The van der Waals surface area contributed by atoms with Gasteiger partial charge in [0, 0.05) is 22.7 Å². The van der Waals surface area contributed by atoms with Crippen molar-refractivity contribution < 1.29 is 4.79 Å². The summed E-state index contributed by atoms with van der Waals surface area (Å²) in [7, 11) is 0. The summed E-state index contributed by atoms with van der Waals surface area (Å²) < 4.78 is 0.